The van der Waals surface area contributed by atoms with Gasteiger partial charge in [-0.25, -0.2) is 0 Å². The van der Waals surface area contributed by atoms with Gasteiger partial charge >= 0.3 is 0 Å². The van der Waals surface area contributed by atoms with Crippen molar-refractivity contribution in [3.05, 3.63) is 24.3 Å². The predicted octanol–water partition coefficient (Wildman–Crippen LogP) is 2.33. The molecule has 0 aliphatic heterocycles. The van der Waals surface area contributed by atoms with Crippen LogP contribution < -0.4 is 11.1 Å². The van der Waals surface area contributed by atoms with Crippen molar-refractivity contribution in [2.45, 2.75) is 18.7 Å². The monoisotopic (exact) mass is 238 g/mol. The van der Waals surface area contributed by atoms with E-state index in [1.165, 1.54) is 4.90 Å². The lowest BCUT2D eigenvalue weighted by Gasteiger charge is -2.10. The van der Waals surface area contributed by atoms with Crippen molar-refractivity contribution in [3.8, 4) is 0 Å². The first kappa shape index (κ1) is 13.1. The topological polar surface area (TPSA) is 55.1 Å². The zero-order valence-electron chi connectivity index (χ0n) is 9.69. The lowest BCUT2D eigenvalue weighted by molar-refractivity contribution is -0.119. The maximum Gasteiger partial charge on any atom is 0.228 e. The quantitative estimate of drug-likeness (QED) is 0.774. The number of hydrogen-bond donors (Lipinski definition) is 2. The molecule has 0 bridgehead atoms. The van der Waals surface area contributed by atoms with Crippen LogP contribution in [-0.4, -0.2) is 18.2 Å². The summed E-state index contributed by atoms with van der Waals surface area (Å²) >= 11 is 1.75. The molecule has 1 unspecified atom stereocenters. The Hall–Kier alpha value is -1.00. The van der Waals surface area contributed by atoms with Crippen molar-refractivity contribution in [1.29, 1.82) is 0 Å². The van der Waals surface area contributed by atoms with Gasteiger partial charge < -0.3 is 11.1 Å². The van der Waals surface area contributed by atoms with Crippen LogP contribution in [0.1, 0.15) is 13.8 Å². The van der Waals surface area contributed by atoms with E-state index in [1.54, 1.807) is 11.8 Å². The van der Waals surface area contributed by atoms with Crippen LogP contribution in [0.15, 0.2) is 29.2 Å². The first-order valence-corrected chi connectivity index (χ1v) is 6.39. The number of anilines is 1. The third-order valence-electron chi connectivity index (χ3n) is 2.21. The van der Waals surface area contributed by atoms with Crippen LogP contribution in [-0.2, 0) is 4.79 Å². The standard InChI is InChI=1S/C12H18N2OS/c1-3-16-11-6-4-5-10(7-11)14-12(15)9(2)8-13/h4-7,9H,3,8,13H2,1-2H3,(H,14,15). The summed E-state index contributed by atoms with van der Waals surface area (Å²) in [5.74, 6) is 0.847. The van der Waals surface area contributed by atoms with Crippen LogP contribution in [0.25, 0.3) is 0 Å². The minimum absolute atomic E-state index is 0.0267. The normalized spacial score (nSPS) is 12.2. The SMILES string of the molecule is CCSc1cccc(NC(=O)C(C)CN)c1. The van der Waals surface area contributed by atoms with Crippen molar-refractivity contribution in [2.24, 2.45) is 11.7 Å². The molecule has 0 spiro atoms. The van der Waals surface area contributed by atoms with E-state index in [9.17, 15) is 4.79 Å². The smallest absolute Gasteiger partial charge is 0.228 e. The highest BCUT2D eigenvalue weighted by Gasteiger charge is 2.10. The molecule has 0 aliphatic rings. The largest absolute Gasteiger partial charge is 0.330 e. The molecule has 3 N–H and O–H groups in total. The van der Waals surface area contributed by atoms with E-state index >= 15 is 0 Å². The van der Waals surface area contributed by atoms with Crippen molar-refractivity contribution < 1.29 is 4.79 Å². The van der Waals surface area contributed by atoms with E-state index < -0.39 is 0 Å². The van der Waals surface area contributed by atoms with Gasteiger partial charge in [0.05, 0.1) is 0 Å². The number of nitrogens with one attached hydrogen (secondary N) is 1. The van der Waals surface area contributed by atoms with E-state index in [0.29, 0.717) is 6.54 Å². The second-order valence-electron chi connectivity index (χ2n) is 3.59. The molecule has 1 aromatic carbocycles. The second-order valence-corrected chi connectivity index (χ2v) is 4.92. The van der Waals surface area contributed by atoms with Gasteiger partial charge in [0.15, 0.2) is 0 Å². The average Bonchev–Trinajstić information content (AvgIpc) is 2.29. The summed E-state index contributed by atoms with van der Waals surface area (Å²) in [6.45, 7) is 4.29. The van der Waals surface area contributed by atoms with Gasteiger partial charge in [0.1, 0.15) is 0 Å². The average molecular weight is 238 g/mol. The number of hydrogen-bond acceptors (Lipinski definition) is 3. The summed E-state index contributed by atoms with van der Waals surface area (Å²) in [6, 6.07) is 7.85. The Balaban J connectivity index is 2.66. The number of nitrogens with two attached hydrogens (primary N) is 1. The fourth-order valence-electron chi connectivity index (χ4n) is 1.20. The molecule has 16 heavy (non-hydrogen) atoms. The van der Waals surface area contributed by atoms with Gasteiger partial charge in [-0.05, 0) is 24.0 Å². The molecule has 88 valence electrons. The van der Waals surface area contributed by atoms with Crippen LogP contribution in [0, 0.1) is 5.92 Å². The summed E-state index contributed by atoms with van der Waals surface area (Å²) in [5, 5.41) is 2.86. The van der Waals surface area contributed by atoms with Crippen molar-refractivity contribution in [2.75, 3.05) is 17.6 Å². The molecule has 1 rings (SSSR count). The Morgan fingerprint density at radius 2 is 2.31 bits per heavy atom. The maximum atomic E-state index is 11.6. The molecule has 1 amide bonds. The lowest BCUT2D eigenvalue weighted by Crippen LogP contribution is -2.26. The number of carbonyl (C=O) groups excluding carboxylic acids is 1. The van der Waals surface area contributed by atoms with E-state index in [4.69, 9.17) is 5.73 Å². The third-order valence-corrected chi connectivity index (χ3v) is 3.09. The van der Waals surface area contributed by atoms with Crippen LogP contribution in [0.2, 0.25) is 0 Å². The molecule has 0 saturated carbocycles. The maximum absolute atomic E-state index is 11.6. The van der Waals surface area contributed by atoms with Crippen LogP contribution in [0.4, 0.5) is 5.69 Å². The van der Waals surface area contributed by atoms with Gasteiger partial charge in [-0.15, -0.1) is 11.8 Å². The summed E-state index contributed by atoms with van der Waals surface area (Å²) in [7, 11) is 0. The Morgan fingerprint density at radius 3 is 2.94 bits per heavy atom. The zero-order valence-corrected chi connectivity index (χ0v) is 10.5. The highest BCUT2D eigenvalue weighted by Crippen LogP contribution is 2.21. The number of benzene rings is 1. The Bertz CT molecular complexity index is 355. The molecule has 0 heterocycles. The first-order valence-electron chi connectivity index (χ1n) is 5.41. The van der Waals surface area contributed by atoms with Gasteiger partial charge in [-0.1, -0.05) is 19.9 Å². The molecule has 0 aromatic heterocycles. The lowest BCUT2D eigenvalue weighted by atomic mass is 10.1. The Kier molecular flexibility index (Phi) is 5.35. The minimum Gasteiger partial charge on any atom is -0.330 e. The van der Waals surface area contributed by atoms with E-state index in [0.717, 1.165) is 11.4 Å². The fourth-order valence-corrected chi connectivity index (χ4v) is 1.92. The molecular weight excluding hydrogens is 220 g/mol. The summed E-state index contributed by atoms with van der Waals surface area (Å²) in [4.78, 5) is 12.8. The summed E-state index contributed by atoms with van der Waals surface area (Å²) < 4.78 is 0. The zero-order chi connectivity index (χ0) is 12.0. The van der Waals surface area contributed by atoms with Gasteiger partial charge in [-0.2, -0.15) is 0 Å². The van der Waals surface area contributed by atoms with E-state index in [1.807, 2.05) is 31.2 Å². The Labute approximate surface area is 101 Å². The van der Waals surface area contributed by atoms with Crippen molar-refractivity contribution in [1.82, 2.24) is 0 Å². The number of carbonyl (C=O) groups is 1. The highest BCUT2D eigenvalue weighted by molar-refractivity contribution is 7.99. The van der Waals surface area contributed by atoms with Crippen molar-refractivity contribution in [3.63, 3.8) is 0 Å². The molecule has 4 heteroatoms. The molecule has 0 saturated heterocycles. The number of rotatable bonds is 5. The van der Waals surface area contributed by atoms with Crippen LogP contribution >= 0.6 is 11.8 Å². The molecule has 3 nitrogen and oxygen atoms in total. The molecular formula is C12H18N2OS. The summed E-state index contributed by atoms with van der Waals surface area (Å²) in [5.41, 5.74) is 6.28. The third kappa shape index (κ3) is 3.87. The van der Waals surface area contributed by atoms with Gasteiger partial charge in [0, 0.05) is 23.0 Å². The second kappa shape index (κ2) is 6.55. The summed E-state index contributed by atoms with van der Waals surface area (Å²) in [6.07, 6.45) is 0. The Morgan fingerprint density at radius 1 is 1.56 bits per heavy atom. The van der Waals surface area contributed by atoms with Crippen LogP contribution in [0.5, 0.6) is 0 Å². The van der Waals surface area contributed by atoms with Gasteiger partial charge in [0.2, 0.25) is 5.91 Å². The van der Waals surface area contributed by atoms with E-state index in [-0.39, 0.29) is 11.8 Å². The number of thioether (sulfide) groups is 1. The minimum atomic E-state index is -0.150. The number of amides is 1. The molecule has 0 fully saturated rings. The predicted molar refractivity (Wildman–Crippen MR) is 69.7 cm³/mol. The highest BCUT2D eigenvalue weighted by atomic mass is 32.2. The first-order chi connectivity index (χ1) is 7.67. The van der Waals surface area contributed by atoms with Gasteiger partial charge in [0.25, 0.3) is 0 Å². The fraction of sp³-hybridized carbons (Fsp3) is 0.417. The molecule has 0 radical (unpaired) electrons. The van der Waals surface area contributed by atoms with E-state index in [2.05, 4.69) is 12.2 Å². The van der Waals surface area contributed by atoms with Gasteiger partial charge in [-0.3, -0.25) is 4.79 Å². The molecule has 1 aromatic rings. The molecule has 0 aliphatic carbocycles. The van der Waals surface area contributed by atoms with Crippen molar-refractivity contribution >= 4 is 23.4 Å². The molecule has 1 atom stereocenters. The van der Waals surface area contributed by atoms with Crippen LogP contribution in [0.3, 0.4) is 0 Å².